The minimum Gasteiger partial charge on any atom is -0.330 e. The third kappa shape index (κ3) is 3.74. The van der Waals surface area contributed by atoms with Crippen molar-refractivity contribution in [3.8, 4) is 0 Å². The molecule has 2 rings (SSSR count). The fourth-order valence-corrected chi connectivity index (χ4v) is 4.58. The summed E-state index contributed by atoms with van der Waals surface area (Å²) in [5.41, 5.74) is 6.41. The number of benzene rings is 1. The number of rotatable bonds is 3. The first-order chi connectivity index (χ1) is 8.95. The van der Waals surface area contributed by atoms with Gasteiger partial charge in [-0.2, -0.15) is 4.31 Å². The van der Waals surface area contributed by atoms with E-state index in [9.17, 15) is 8.42 Å². The summed E-state index contributed by atoms with van der Waals surface area (Å²) in [4.78, 5) is 0.405. The van der Waals surface area contributed by atoms with E-state index < -0.39 is 10.0 Å². The van der Waals surface area contributed by atoms with Crippen LogP contribution in [0.3, 0.4) is 0 Å². The molecule has 0 unspecified atom stereocenters. The van der Waals surface area contributed by atoms with Crippen LogP contribution in [0.25, 0.3) is 0 Å². The predicted octanol–water partition coefficient (Wildman–Crippen LogP) is 2.54. The van der Waals surface area contributed by atoms with E-state index in [0.29, 0.717) is 30.4 Å². The maximum Gasteiger partial charge on any atom is 0.243 e. The number of nitrogens with two attached hydrogens (primary N) is 1. The third-order valence-corrected chi connectivity index (χ3v) is 6.21. The number of hydrogen-bond donors (Lipinski definition) is 1. The molecular weight excluding hydrogens is 364 g/mol. The zero-order chi connectivity index (χ0) is 14.0. The highest BCUT2D eigenvalue weighted by molar-refractivity contribution is 9.10. The lowest BCUT2D eigenvalue weighted by molar-refractivity contribution is 0.278. The molecule has 0 spiro atoms. The summed E-state index contributed by atoms with van der Waals surface area (Å²) in [5, 5.41) is 0. The smallest absolute Gasteiger partial charge is 0.243 e. The van der Waals surface area contributed by atoms with Gasteiger partial charge in [-0.15, -0.1) is 12.4 Å². The second-order valence-corrected chi connectivity index (χ2v) is 7.82. The third-order valence-electron chi connectivity index (χ3n) is 3.66. The van der Waals surface area contributed by atoms with Crippen LogP contribution < -0.4 is 5.73 Å². The Morgan fingerprint density at radius 1 is 1.35 bits per heavy atom. The topological polar surface area (TPSA) is 63.4 Å². The summed E-state index contributed by atoms with van der Waals surface area (Å²) in [5.74, 6) is 0.456. The van der Waals surface area contributed by atoms with Crippen molar-refractivity contribution in [3.63, 3.8) is 0 Å². The Labute approximate surface area is 135 Å². The van der Waals surface area contributed by atoms with E-state index in [1.165, 1.54) is 0 Å². The Hall–Kier alpha value is -0.140. The zero-order valence-corrected chi connectivity index (χ0v) is 14.6. The van der Waals surface area contributed by atoms with Crippen LogP contribution in [-0.4, -0.2) is 32.4 Å². The van der Waals surface area contributed by atoms with Gasteiger partial charge in [0.15, 0.2) is 0 Å². The summed E-state index contributed by atoms with van der Waals surface area (Å²) in [6.07, 6.45) is 1.70. The molecule has 114 valence electrons. The summed E-state index contributed by atoms with van der Waals surface area (Å²) in [6, 6.07) is 5.27. The molecule has 0 amide bonds. The summed E-state index contributed by atoms with van der Waals surface area (Å²) in [6.45, 7) is 3.61. The molecule has 1 saturated heterocycles. The highest BCUT2D eigenvalue weighted by Gasteiger charge is 2.29. The van der Waals surface area contributed by atoms with Gasteiger partial charge in [-0.25, -0.2) is 8.42 Å². The fourth-order valence-electron chi connectivity index (χ4n) is 2.43. The highest BCUT2D eigenvalue weighted by atomic mass is 79.9. The Morgan fingerprint density at radius 3 is 2.45 bits per heavy atom. The molecule has 1 aliphatic rings. The fraction of sp³-hybridized carbons (Fsp3) is 0.538. The molecule has 20 heavy (non-hydrogen) atoms. The number of piperidine rings is 1. The Bertz CT molecular complexity index is 557. The lowest BCUT2D eigenvalue weighted by Crippen LogP contribution is -2.40. The van der Waals surface area contributed by atoms with Gasteiger partial charge in [0.2, 0.25) is 10.0 Å². The van der Waals surface area contributed by atoms with Crippen molar-refractivity contribution in [1.29, 1.82) is 0 Å². The maximum absolute atomic E-state index is 12.6. The molecule has 2 N–H and O–H groups in total. The zero-order valence-electron chi connectivity index (χ0n) is 11.4. The molecule has 7 heteroatoms. The molecule has 0 aliphatic carbocycles. The summed E-state index contributed by atoms with van der Waals surface area (Å²) in [7, 11) is -3.37. The Morgan fingerprint density at radius 2 is 1.95 bits per heavy atom. The molecule has 1 aromatic rings. The van der Waals surface area contributed by atoms with Gasteiger partial charge in [0, 0.05) is 17.6 Å². The second kappa shape index (κ2) is 7.22. The van der Waals surface area contributed by atoms with E-state index in [0.717, 1.165) is 22.9 Å². The van der Waals surface area contributed by atoms with Crippen LogP contribution in [0.15, 0.2) is 27.6 Å². The Balaban J connectivity index is 0.00000200. The van der Waals surface area contributed by atoms with E-state index in [-0.39, 0.29) is 12.4 Å². The van der Waals surface area contributed by atoms with E-state index in [1.54, 1.807) is 16.4 Å². The van der Waals surface area contributed by atoms with Crippen LogP contribution in [0, 0.1) is 12.8 Å². The quantitative estimate of drug-likeness (QED) is 0.872. The van der Waals surface area contributed by atoms with Crippen LogP contribution in [0.5, 0.6) is 0 Å². The van der Waals surface area contributed by atoms with Gasteiger partial charge in [0.25, 0.3) is 0 Å². The number of sulfonamides is 1. The molecule has 4 nitrogen and oxygen atoms in total. The van der Waals surface area contributed by atoms with E-state index in [1.807, 2.05) is 13.0 Å². The highest BCUT2D eigenvalue weighted by Crippen LogP contribution is 2.26. The summed E-state index contributed by atoms with van der Waals surface area (Å²) >= 11 is 3.35. The van der Waals surface area contributed by atoms with Crippen molar-refractivity contribution in [3.05, 3.63) is 28.2 Å². The lowest BCUT2D eigenvalue weighted by atomic mass is 9.99. The molecule has 1 aromatic carbocycles. The van der Waals surface area contributed by atoms with Crippen LogP contribution in [0.4, 0.5) is 0 Å². The van der Waals surface area contributed by atoms with Crippen molar-refractivity contribution >= 4 is 38.4 Å². The maximum atomic E-state index is 12.6. The van der Waals surface area contributed by atoms with Gasteiger partial charge in [-0.3, -0.25) is 0 Å². The van der Waals surface area contributed by atoms with Crippen molar-refractivity contribution in [2.75, 3.05) is 19.6 Å². The SMILES string of the molecule is Cc1cc(Br)ccc1S(=O)(=O)N1CCC(CN)CC1.Cl. The van der Waals surface area contributed by atoms with Gasteiger partial charge >= 0.3 is 0 Å². The standard InChI is InChI=1S/C13H19BrN2O2S.ClH/c1-10-8-12(14)2-3-13(10)19(17,18)16-6-4-11(9-15)5-7-16;/h2-3,8,11H,4-7,9,15H2,1H3;1H. The summed E-state index contributed by atoms with van der Waals surface area (Å²) < 4.78 is 27.7. The molecule has 0 bridgehead atoms. The van der Waals surface area contributed by atoms with Crippen molar-refractivity contribution < 1.29 is 8.42 Å². The van der Waals surface area contributed by atoms with Crippen molar-refractivity contribution in [2.45, 2.75) is 24.7 Å². The first-order valence-electron chi connectivity index (χ1n) is 6.41. The minimum absolute atomic E-state index is 0. The van der Waals surface area contributed by atoms with Crippen molar-refractivity contribution in [2.24, 2.45) is 11.7 Å². The number of nitrogens with zero attached hydrogens (tertiary/aromatic N) is 1. The minimum atomic E-state index is -3.37. The predicted molar refractivity (Wildman–Crippen MR) is 86.7 cm³/mol. The van der Waals surface area contributed by atoms with E-state index in [4.69, 9.17) is 5.73 Å². The normalized spacial score (nSPS) is 17.8. The second-order valence-electron chi connectivity index (χ2n) is 4.99. The molecular formula is C13H20BrClN2O2S. The molecule has 0 aromatic heterocycles. The number of halogens is 2. The van der Waals surface area contributed by atoms with Gasteiger partial charge in [-0.05, 0) is 56.0 Å². The number of aryl methyl sites for hydroxylation is 1. The lowest BCUT2D eigenvalue weighted by Gasteiger charge is -2.30. The van der Waals surface area contributed by atoms with Gasteiger partial charge in [0.1, 0.15) is 0 Å². The molecule has 0 radical (unpaired) electrons. The van der Waals surface area contributed by atoms with Crippen LogP contribution in [0.2, 0.25) is 0 Å². The average molecular weight is 384 g/mol. The Kier molecular flexibility index (Phi) is 6.47. The molecule has 0 saturated carbocycles. The molecule has 1 heterocycles. The molecule has 1 aliphatic heterocycles. The first-order valence-corrected chi connectivity index (χ1v) is 8.65. The van der Waals surface area contributed by atoms with Crippen LogP contribution in [0.1, 0.15) is 18.4 Å². The first kappa shape index (κ1) is 17.9. The largest absolute Gasteiger partial charge is 0.330 e. The van der Waals surface area contributed by atoms with Gasteiger partial charge < -0.3 is 5.73 Å². The van der Waals surface area contributed by atoms with Crippen LogP contribution in [-0.2, 0) is 10.0 Å². The van der Waals surface area contributed by atoms with Crippen molar-refractivity contribution in [1.82, 2.24) is 4.31 Å². The van der Waals surface area contributed by atoms with Crippen LogP contribution >= 0.6 is 28.3 Å². The van der Waals surface area contributed by atoms with E-state index in [2.05, 4.69) is 15.9 Å². The van der Waals surface area contributed by atoms with Gasteiger partial charge in [-0.1, -0.05) is 15.9 Å². The molecule has 1 fully saturated rings. The average Bonchev–Trinajstić information content (AvgIpc) is 2.38. The molecule has 0 atom stereocenters. The monoisotopic (exact) mass is 382 g/mol. The number of hydrogen-bond acceptors (Lipinski definition) is 3. The van der Waals surface area contributed by atoms with E-state index >= 15 is 0 Å². The van der Waals surface area contributed by atoms with Gasteiger partial charge in [0.05, 0.1) is 4.90 Å².